The number of rotatable bonds is 6. The predicted octanol–water partition coefficient (Wildman–Crippen LogP) is 4.20. The van der Waals surface area contributed by atoms with Crippen molar-refractivity contribution in [3.05, 3.63) is 48.7 Å². The van der Waals surface area contributed by atoms with E-state index in [9.17, 15) is 8.42 Å². The molecule has 1 aliphatic carbocycles. The number of aromatic nitrogens is 1. The third-order valence-corrected chi connectivity index (χ3v) is 7.90. The lowest BCUT2D eigenvalue weighted by molar-refractivity contribution is -0.0767. The van der Waals surface area contributed by atoms with Crippen LogP contribution in [0.25, 0.3) is 0 Å². The van der Waals surface area contributed by atoms with Gasteiger partial charge in [0.2, 0.25) is 0 Å². The zero-order valence-electron chi connectivity index (χ0n) is 16.9. The zero-order chi connectivity index (χ0) is 20.3. The lowest BCUT2D eigenvalue weighted by atomic mass is 9.89. The molecule has 1 aromatic heterocycles. The quantitative estimate of drug-likeness (QED) is 0.766. The number of hydrogen-bond acceptors (Lipinski definition) is 5. The van der Waals surface area contributed by atoms with Gasteiger partial charge in [0.25, 0.3) is 10.0 Å². The molecule has 0 bridgehead atoms. The molecule has 1 atom stereocenters. The summed E-state index contributed by atoms with van der Waals surface area (Å²) >= 11 is 0. The Balaban J connectivity index is 1.47. The van der Waals surface area contributed by atoms with Gasteiger partial charge in [-0.1, -0.05) is 31.0 Å². The lowest BCUT2D eigenvalue weighted by Gasteiger charge is -2.38. The maximum atomic E-state index is 13.1. The zero-order valence-corrected chi connectivity index (χ0v) is 17.7. The van der Waals surface area contributed by atoms with Gasteiger partial charge in [0.1, 0.15) is 10.7 Å². The van der Waals surface area contributed by atoms with Crippen molar-refractivity contribution in [3.63, 3.8) is 0 Å². The highest BCUT2D eigenvalue weighted by atomic mass is 32.2. The minimum Gasteiger partial charge on any atom is -0.375 e. The van der Waals surface area contributed by atoms with E-state index in [1.54, 1.807) is 24.3 Å². The van der Waals surface area contributed by atoms with Gasteiger partial charge in [-0.05, 0) is 56.9 Å². The maximum Gasteiger partial charge on any atom is 0.265 e. The maximum absolute atomic E-state index is 13.1. The van der Waals surface area contributed by atoms with Gasteiger partial charge in [-0.2, -0.15) is 0 Å². The van der Waals surface area contributed by atoms with Gasteiger partial charge in [-0.15, -0.1) is 0 Å². The molecule has 4 rings (SSSR count). The van der Waals surface area contributed by atoms with Crippen LogP contribution in [0.1, 0.15) is 45.4 Å². The fourth-order valence-corrected chi connectivity index (χ4v) is 5.98. The van der Waals surface area contributed by atoms with Crippen molar-refractivity contribution in [1.82, 2.24) is 4.98 Å². The molecular weight excluding hydrogens is 386 g/mol. The number of benzene rings is 1. The minimum atomic E-state index is -3.65. The first kappa shape index (κ1) is 20.2. The van der Waals surface area contributed by atoms with Crippen molar-refractivity contribution in [3.8, 4) is 0 Å². The number of pyridine rings is 1. The number of nitrogens with zero attached hydrogens (tertiary/aromatic N) is 2. The molecule has 2 fully saturated rings. The van der Waals surface area contributed by atoms with Crippen LogP contribution in [0.2, 0.25) is 0 Å². The average molecular weight is 416 g/mol. The number of hydrogen-bond donors (Lipinski definition) is 1. The van der Waals surface area contributed by atoms with Gasteiger partial charge < -0.3 is 10.1 Å². The summed E-state index contributed by atoms with van der Waals surface area (Å²) in [4.78, 5) is 4.61. The molecule has 1 saturated heterocycles. The van der Waals surface area contributed by atoms with E-state index in [0.29, 0.717) is 24.1 Å². The fourth-order valence-electron chi connectivity index (χ4n) is 4.56. The molecule has 6 nitrogen and oxygen atoms in total. The standard InChI is InChI=1S/C22H29N3O3S/c1-2-25(19-8-4-3-5-9-19)29(26,27)20-10-11-21(23-17-20)24-18-12-15-28-22(16-18)13-6-7-14-22/h3-5,8-11,17-18H,2,6-7,12-16H2,1H3,(H,23,24). The largest absolute Gasteiger partial charge is 0.375 e. The van der Waals surface area contributed by atoms with Crippen LogP contribution in [-0.2, 0) is 14.8 Å². The highest BCUT2D eigenvalue weighted by Crippen LogP contribution is 2.40. The molecular formula is C22H29N3O3S. The summed E-state index contributed by atoms with van der Waals surface area (Å²) in [5, 5.41) is 3.49. The second-order valence-corrected chi connectivity index (χ2v) is 9.82. The predicted molar refractivity (Wildman–Crippen MR) is 115 cm³/mol. The van der Waals surface area contributed by atoms with Crippen LogP contribution >= 0.6 is 0 Å². The Morgan fingerprint density at radius 2 is 1.93 bits per heavy atom. The summed E-state index contributed by atoms with van der Waals surface area (Å²) in [6, 6.07) is 12.9. The Bertz CT molecular complexity index is 910. The molecule has 7 heteroatoms. The van der Waals surface area contributed by atoms with Crippen molar-refractivity contribution in [2.75, 3.05) is 22.8 Å². The Kier molecular flexibility index (Phi) is 5.79. The van der Waals surface area contributed by atoms with Crippen molar-refractivity contribution in [2.45, 2.75) is 62.0 Å². The molecule has 0 radical (unpaired) electrons. The molecule has 0 amide bonds. The molecule has 1 spiro atoms. The van der Waals surface area contributed by atoms with E-state index in [2.05, 4.69) is 10.3 Å². The molecule has 2 aliphatic rings. The SMILES string of the molecule is CCN(c1ccccc1)S(=O)(=O)c1ccc(NC2CCOC3(CCCC3)C2)nc1. The molecule has 156 valence electrons. The number of nitrogens with one attached hydrogen (secondary N) is 1. The summed E-state index contributed by atoms with van der Waals surface area (Å²) in [6.07, 6.45) is 8.16. The lowest BCUT2D eigenvalue weighted by Crippen LogP contribution is -2.42. The first-order chi connectivity index (χ1) is 14.0. The molecule has 2 heterocycles. The smallest absolute Gasteiger partial charge is 0.265 e. The summed E-state index contributed by atoms with van der Waals surface area (Å²) in [5.74, 6) is 0.715. The number of anilines is 2. The molecule has 1 aliphatic heterocycles. The highest BCUT2D eigenvalue weighted by molar-refractivity contribution is 7.92. The van der Waals surface area contributed by atoms with Crippen LogP contribution in [0.3, 0.4) is 0 Å². The Labute approximate surface area is 173 Å². The van der Waals surface area contributed by atoms with Gasteiger partial charge in [0.15, 0.2) is 0 Å². The first-order valence-corrected chi connectivity index (χ1v) is 11.9. The van der Waals surface area contributed by atoms with Crippen molar-refractivity contribution in [1.29, 1.82) is 0 Å². The van der Waals surface area contributed by atoms with E-state index in [1.807, 2.05) is 25.1 Å². The van der Waals surface area contributed by atoms with Gasteiger partial charge in [0, 0.05) is 25.4 Å². The van der Waals surface area contributed by atoms with E-state index in [0.717, 1.165) is 32.3 Å². The highest BCUT2D eigenvalue weighted by Gasteiger charge is 2.40. The minimum absolute atomic E-state index is 0.0382. The van der Waals surface area contributed by atoms with E-state index < -0.39 is 10.0 Å². The molecule has 1 aromatic carbocycles. The van der Waals surface area contributed by atoms with Crippen LogP contribution in [-0.4, -0.2) is 38.2 Å². The number of sulfonamides is 1. The first-order valence-electron chi connectivity index (χ1n) is 10.5. The molecule has 29 heavy (non-hydrogen) atoms. The topological polar surface area (TPSA) is 71.5 Å². The van der Waals surface area contributed by atoms with Gasteiger partial charge in [0.05, 0.1) is 11.3 Å². The van der Waals surface area contributed by atoms with Crippen molar-refractivity contribution < 1.29 is 13.2 Å². The Hall–Kier alpha value is -2.12. The number of ether oxygens (including phenoxy) is 1. The van der Waals surface area contributed by atoms with E-state index >= 15 is 0 Å². The molecule has 1 N–H and O–H groups in total. The van der Waals surface area contributed by atoms with Crippen molar-refractivity contribution >= 4 is 21.5 Å². The second-order valence-electron chi connectivity index (χ2n) is 7.96. The Morgan fingerprint density at radius 1 is 1.17 bits per heavy atom. The Morgan fingerprint density at radius 3 is 2.59 bits per heavy atom. The van der Waals surface area contributed by atoms with Gasteiger partial charge in [-0.3, -0.25) is 4.31 Å². The molecule has 2 aromatic rings. The monoisotopic (exact) mass is 415 g/mol. The average Bonchev–Trinajstić information content (AvgIpc) is 3.17. The molecule has 1 unspecified atom stereocenters. The van der Waals surface area contributed by atoms with Gasteiger partial charge in [-0.25, -0.2) is 13.4 Å². The normalized spacial score (nSPS) is 21.2. The second kappa shape index (κ2) is 8.32. The van der Waals surface area contributed by atoms with Crippen LogP contribution in [0.4, 0.5) is 11.5 Å². The van der Waals surface area contributed by atoms with Crippen LogP contribution in [0.5, 0.6) is 0 Å². The van der Waals surface area contributed by atoms with Crippen LogP contribution in [0.15, 0.2) is 53.6 Å². The summed E-state index contributed by atoms with van der Waals surface area (Å²) < 4.78 is 33.7. The van der Waals surface area contributed by atoms with Crippen LogP contribution in [0, 0.1) is 0 Å². The third-order valence-electron chi connectivity index (χ3n) is 6.02. The molecule has 1 saturated carbocycles. The number of para-hydroxylation sites is 1. The third kappa shape index (κ3) is 4.26. The van der Waals surface area contributed by atoms with Gasteiger partial charge >= 0.3 is 0 Å². The van der Waals surface area contributed by atoms with E-state index in [-0.39, 0.29) is 10.5 Å². The van der Waals surface area contributed by atoms with Crippen LogP contribution < -0.4 is 9.62 Å². The van der Waals surface area contributed by atoms with Crippen molar-refractivity contribution in [2.24, 2.45) is 0 Å². The van der Waals surface area contributed by atoms with E-state index in [4.69, 9.17) is 4.74 Å². The summed E-state index contributed by atoms with van der Waals surface area (Å²) in [6.45, 7) is 2.96. The summed E-state index contributed by atoms with van der Waals surface area (Å²) in [7, 11) is -3.65. The fraction of sp³-hybridized carbons (Fsp3) is 0.500. The summed E-state index contributed by atoms with van der Waals surface area (Å²) in [5.41, 5.74) is 0.692. The van der Waals surface area contributed by atoms with E-state index in [1.165, 1.54) is 23.3 Å².